The average molecular weight is 316 g/mol. The zero-order chi connectivity index (χ0) is 16.4. The number of hydrogen-bond donors (Lipinski definition) is 3. The molecule has 7 heteroatoms. The second-order valence-corrected chi connectivity index (χ2v) is 5.62. The van der Waals surface area contributed by atoms with E-state index in [1.165, 1.54) is 7.11 Å². The van der Waals surface area contributed by atoms with Gasteiger partial charge in [-0.1, -0.05) is 6.07 Å². The number of aromatic amines is 1. The molecule has 0 saturated heterocycles. The van der Waals surface area contributed by atoms with E-state index in [1.54, 1.807) is 24.1 Å². The third-order valence-corrected chi connectivity index (χ3v) is 4.02. The Balaban J connectivity index is 1.75. The molecule has 0 atom stereocenters. The summed E-state index contributed by atoms with van der Waals surface area (Å²) < 4.78 is 5.02. The molecule has 1 aliphatic heterocycles. The highest BCUT2D eigenvalue weighted by Crippen LogP contribution is 2.27. The number of nitrogens with one attached hydrogen (secondary N) is 2. The first kappa shape index (κ1) is 15.4. The molecule has 122 valence electrons. The van der Waals surface area contributed by atoms with Crippen molar-refractivity contribution in [2.75, 3.05) is 20.7 Å². The van der Waals surface area contributed by atoms with Gasteiger partial charge in [0.1, 0.15) is 0 Å². The second kappa shape index (κ2) is 6.29. The lowest BCUT2D eigenvalue weighted by Gasteiger charge is -2.18. The Morgan fingerprint density at radius 2 is 2.30 bits per heavy atom. The van der Waals surface area contributed by atoms with Crippen molar-refractivity contribution < 1.29 is 14.6 Å². The van der Waals surface area contributed by atoms with Crippen molar-refractivity contribution in [2.45, 2.75) is 19.5 Å². The van der Waals surface area contributed by atoms with Crippen LogP contribution in [0.25, 0.3) is 0 Å². The number of carbonyl (C=O) groups excluding carboxylic acids is 1. The first-order chi connectivity index (χ1) is 11.1. The highest BCUT2D eigenvalue weighted by Gasteiger charge is 2.24. The van der Waals surface area contributed by atoms with Gasteiger partial charge in [0, 0.05) is 44.4 Å². The minimum Gasteiger partial charge on any atom is -0.504 e. The van der Waals surface area contributed by atoms with Crippen LogP contribution in [-0.4, -0.2) is 46.8 Å². The van der Waals surface area contributed by atoms with Gasteiger partial charge in [-0.3, -0.25) is 9.89 Å². The third kappa shape index (κ3) is 3.00. The molecule has 23 heavy (non-hydrogen) atoms. The second-order valence-electron chi connectivity index (χ2n) is 5.62. The molecule has 7 nitrogen and oxygen atoms in total. The molecule has 2 aromatic rings. The van der Waals surface area contributed by atoms with E-state index in [0.29, 0.717) is 24.5 Å². The number of nitrogens with zero attached hydrogens (tertiary/aromatic N) is 2. The number of rotatable bonds is 4. The van der Waals surface area contributed by atoms with Crippen LogP contribution in [0.2, 0.25) is 0 Å². The van der Waals surface area contributed by atoms with Gasteiger partial charge in [-0.05, 0) is 17.7 Å². The van der Waals surface area contributed by atoms with Gasteiger partial charge < -0.3 is 20.1 Å². The number of aromatic hydroxyl groups is 1. The van der Waals surface area contributed by atoms with Crippen LogP contribution >= 0.6 is 0 Å². The van der Waals surface area contributed by atoms with E-state index in [9.17, 15) is 9.90 Å². The van der Waals surface area contributed by atoms with E-state index >= 15 is 0 Å². The first-order valence-corrected chi connectivity index (χ1v) is 7.48. The average Bonchev–Trinajstić information content (AvgIpc) is 2.98. The predicted octanol–water partition coefficient (Wildman–Crippen LogP) is 1.04. The molecule has 0 unspecified atom stereocenters. The van der Waals surface area contributed by atoms with Crippen molar-refractivity contribution >= 4 is 5.91 Å². The van der Waals surface area contributed by atoms with Gasteiger partial charge in [0.25, 0.3) is 5.91 Å². The quantitative estimate of drug-likeness (QED) is 0.784. The summed E-state index contributed by atoms with van der Waals surface area (Å²) >= 11 is 0. The topological polar surface area (TPSA) is 90.5 Å². The minimum atomic E-state index is -0.137. The van der Waals surface area contributed by atoms with Crippen molar-refractivity contribution in [3.8, 4) is 11.5 Å². The number of amides is 1. The molecule has 2 heterocycles. The van der Waals surface area contributed by atoms with Crippen LogP contribution in [0, 0.1) is 0 Å². The molecular weight excluding hydrogens is 296 g/mol. The Bertz CT molecular complexity index is 726. The lowest BCUT2D eigenvalue weighted by Crippen LogP contribution is -2.29. The SMILES string of the molecule is COc1ccc(CN(C)C(=O)c2n[nH]c3c2CNCC3)cc1O. The van der Waals surface area contributed by atoms with Crippen LogP contribution in [0.15, 0.2) is 18.2 Å². The van der Waals surface area contributed by atoms with Gasteiger partial charge in [0.2, 0.25) is 0 Å². The Labute approximate surface area is 134 Å². The summed E-state index contributed by atoms with van der Waals surface area (Å²) in [5.41, 5.74) is 3.27. The molecule has 3 N–H and O–H groups in total. The molecule has 1 aromatic heterocycles. The zero-order valence-corrected chi connectivity index (χ0v) is 13.2. The standard InChI is InChI=1S/C16H20N4O3/c1-20(9-10-3-4-14(23-2)13(21)7-10)16(22)15-11-8-17-6-5-12(11)18-19-15/h3-4,7,17,21H,5-6,8-9H2,1-2H3,(H,18,19). The van der Waals surface area contributed by atoms with Crippen LogP contribution in [0.5, 0.6) is 11.5 Å². The fourth-order valence-electron chi connectivity index (χ4n) is 2.76. The maximum atomic E-state index is 12.6. The number of ether oxygens (including phenoxy) is 1. The zero-order valence-electron chi connectivity index (χ0n) is 13.2. The van der Waals surface area contributed by atoms with Crippen molar-refractivity contribution in [1.29, 1.82) is 0 Å². The molecule has 1 aliphatic rings. The van der Waals surface area contributed by atoms with Gasteiger partial charge in [0.15, 0.2) is 17.2 Å². The molecular formula is C16H20N4O3. The van der Waals surface area contributed by atoms with Crippen molar-refractivity contribution in [1.82, 2.24) is 20.4 Å². The Hall–Kier alpha value is -2.54. The molecule has 0 bridgehead atoms. The van der Waals surface area contributed by atoms with E-state index in [1.807, 2.05) is 6.07 Å². The molecule has 3 rings (SSSR count). The molecule has 1 amide bonds. The molecule has 0 radical (unpaired) electrons. The number of phenols is 1. The summed E-state index contributed by atoms with van der Waals surface area (Å²) in [7, 11) is 3.22. The monoisotopic (exact) mass is 316 g/mol. The Morgan fingerprint density at radius 1 is 1.48 bits per heavy atom. The smallest absolute Gasteiger partial charge is 0.274 e. The normalized spacial score (nSPS) is 13.5. The Kier molecular flexibility index (Phi) is 4.20. The highest BCUT2D eigenvalue weighted by molar-refractivity contribution is 5.93. The van der Waals surface area contributed by atoms with Gasteiger partial charge in [-0.15, -0.1) is 0 Å². The van der Waals surface area contributed by atoms with Crippen LogP contribution in [-0.2, 0) is 19.5 Å². The molecule has 0 saturated carbocycles. The summed E-state index contributed by atoms with van der Waals surface area (Å²) in [6, 6.07) is 5.11. The van der Waals surface area contributed by atoms with Gasteiger partial charge >= 0.3 is 0 Å². The van der Waals surface area contributed by atoms with Crippen LogP contribution in [0.3, 0.4) is 0 Å². The number of phenolic OH excluding ortho intramolecular Hbond substituents is 1. The lowest BCUT2D eigenvalue weighted by molar-refractivity contribution is 0.0777. The van der Waals surface area contributed by atoms with Crippen molar-refractivity contribution in [2.24, 2.45) is 0 Å². The molecule has 0 spiro atoms. The fourth-order valence-corrected chi connectivity index (χ4v) is 2.76. The van der Waals surface area contributed by atoms with E-state index in [4.69, 9.17) is 4.74 Å². The number of methoxy groups -OCH3 is 1. The number of H-pyrrole nitrogens is 1. The van der Waals surface area contributed by atoms with Gasteiger partial charge in [-0.25, -0.2) is 0 Å². The van der Waals surface area contributed by atoms with Crippen molar-refractivity contribution in [3.05, 3.63) is 40.7 Å². The summed E-state index contributed by atoms with van der Waals surface area (Å²) in [6.45, 7) is 1.93. The fraction of sp³-hybridized carbons (Fsp3) is 0.375. The number of hydrogen-bond acceptors (Lipinski definition) is 5. The first-order valence-electron chi connectivity index (χ1n) is 7.48. The highest BCUT2D eigenvalue weighted by atomic mass is 16.5. The van der Waals surface area contributed by atoms with Crippen LogP contribution in [0.4, 0.5) is 0 Å². The number of benzene rings is 1. The van der Waals surface area contributed by atoms with Crippen LogP contribution in [0.1, 0.15) is 27.3 Å². The summed E-state index contributed by atoms with van der Waals surface area (Å²) in [5.74, 6) is 0.337. The maximum absolute atomic E-state index is 12.6. The van der Waals surface area contributed by atoms with Crippen molar-refractivity contribution in [3.63, 3.8) is 0 Å². The third-order valence-electron chi connectivity index (χ3n) is 4.02. The molecule has 1 aromatic carbocycles. The largest absolute Gasteiger partial charge is 0.504 e. The van der Waals surface area contributed by atoms with E-state index in [2.05, 4.69) is 15.5 Å². The number of fused-ring (bicyclic) bond motifs is 1. The van der Waals surface area contributed by atoms with E-state index in [0.717, 1.165) is 29.8 Å². The van der Waals surface area contributed by atoms with E-state index < -0.39 is 0 Å². The summed E-state index contributed by atoms with van der Waals surface area (Å²) in [4.78, 5) is 14.2. The molecule has 0 fully saturated rings. The van der Waals surface area contributed by atoms with E-state index in [-0.39, 0.29) is 11.7 Å². The summed E-state index contributed by atoms with van der Waals surface area (Å²) in [5, 5.41) is 20.2. The maximum Gasteiger partial charge on any atom is 0.274 e. The molecule has 0 aliphatic carbocycles. The van der Waals surface area contributed by atoms with Gasteiger partial charge in [0.05, 0.1) is 7.11 Å². The van der Waals surface area contributed by atoms with Gasteiger partial charge in [-0.2, -0.15) is 5.10 Å². The number of carbonyl (C=O) groups is 1. The Morgan fingerprint density at radius 3 is 3.04 bits per heavy atom. The minimum absolute atomic E-state index is 0.0622. The number of aromatic nitrogens is 2. The summed E-state index contributed by atoms with van der Waals surface area (Å²) in [6.07, 6.45) is 0.853. The lowest BCUT2D eigenvalue weighted by atomic mass is 10.1. The predicted molar refractivity (Wildman–Crippen MR) is 84.5 cm³/mol. The van der Waals surface area contributed by atoms with Crippen LogP contribution < -0.4 is 10.1 Å².